The molecule has 0 aliphatic carbocycles. The first kappa shape index (κ1) is 77.5. The van der Waals surface area contributed by atoms with E-state index in [1.807, 2.05) is 33.3 Å². The number of unbranched alkanes of at least 4 members (excludes halogenated alkanes) is 46. The van der Waals surface area contributed by atoms with Crippen molar-refractivity contribution < 1.29 is 37.3 Å². The lowest BCUT2D eigenvalue weighted by Crippen LogP contribution is -2.47. The van der Waals surface area contributed by atoms with Gasteiger partial charge in [0.05, 0.1) is 33.8 Å². The third kappa shape index (κ3) is 60.9. The molecule has 0 aromatic heterocycles. The number of nitrogens with zero attached hydrogens (tertiary/aromatic N) is 1. The van der Waals surface area contributed by atoms with Crippen molar-refractivity contribution in [3.8, 4) is 0 Å². The van der Waals surface area contributed by atoms with E-state index in [0.29, 0.717) is 23.9 Å². The van der Waals surface area contributed by atoms with Crippen LogP contribution in [-0.4, -0.2) is 74.3 Å². The SMILES string of the molecule is CCCCCCCC/C=C/CCCCCCCCCCCCCCCCCCCC(=O)NC(COP(=O)(O)OCC[N+](C)(C)C)C(/C=C\CCCCCCCCCCCCC)OC(=O)CCCCCCCCCCCCCCC. The van der Waals surface area contributed by atoms with Crippen molar-refractivity contribution in [3.63, 3.8) is 0 Å². The number of likely N-dealkylation sites (N-methyl/N-ethyl adjacent to an activating group) is 1. The maximum absolute atomic E-state index is 13.6. The van der Waals surface area contributed by atoms with E-state index in [2.05, 4.69) is 38.2 Å². The number of hydrogen-bond acceptors (Lipinski definition) is 6. The Balaban J connectivity index is 4.97. The Bertz CT molecular complexity index is 1400. The fourth-order valence-electron chi connectivity index (χ4n) is 10.5. The molecule has 0 aromatic rings. The van der Waals surface area contributed by atoms with Gasteiger partial charge >= 0.3 is 13.8 Å². The van der Waals surface area contributed by atoms with E-state index >= 15 is 0 Å². The molecule has 0 bridgehead atoms. The van der Waals surface area contributed by atoms with Crippen molar-refractivity contribution in [2.24, 2.45) is 0 Å². The number of quaternary nitrogens is 1. The van der Waals surface area contributed by atoms with Crippen molar-refractivity contribution in [2.45, 2.75) is 367 Å². The molecule has 10 heteroatoms. The minimum atomic E-state index is -4.44. The number of amides is 1. The number of carbonyl (C=O) groups excluding carboxylic acids is 2. The fourth-order valence-corrected chi connectivity index (χ4v) is 11.3. The molecular weight excluding hydrogens is 1000 g/mol. The highest BCUT2D eigenvalue weighted by atomic mass is 31.2. The van der Waals surface area contributed by atoms with Crippen molar-refractivity contribution in [1.29, 1.82) is 0 Å². The number of ether oxygens (including phenoxy) is 1. The second-order valence-electron chi connectivity index (χ2n) is 25.1. The number of hydrogen-bond donors (Lipinski definition) is 2. The van der Waals surface area contributed by atoms with Gasteiger partial charge in [0.25, 0.3) is 0 Å². The Kier molecular flexibility index (Phi) is 58.5. The quantitative estimate of drug-likeness (QED) is 0.0205. The molecule has 0 aliphatic heterocycles. The van der Waals surface area contributed by atoms with E-state index < -0.39 is 20.0 Å². The van der Waals surface area contributed by atoms with Gasteiger partial charge in [0, 0.05) is 12.8 Å². The van der Waals surface area contributed by atoms with Gasteiger partial charge in [0.1, 0.15) is 19.3 Å². The molecule has 0 radical (unpaired) electrons. The zero-order chi connectivity index (χ0) is 57.9. The summed E-state index contributed by atoms with van der Waals surface area (Å²) >= 11 is 0. The van der Waals surface area contributed by atoms with Gasteiger partial charge in [0.15, 0.2) is 0 Å². The van der Waals surface area contributed by atoms with E-state index in [4.69, 9.17) is 13.8 Å². The summed E-state index contributed by atoms with van der Waals surface area (Å²) in [6.45, 7) is 7.07. The molecule has 0 aromatic carbocycles. The smallest absolute Gasteiger partial charge is 0.456 e. The lowest BCUT2D eigenvalue weighted by Gasteiger charge is -2.27. The highest BCUT2D eigenvalue weighted by Crippen LogP contribution is 2.43. The minimum Gasteiger partial charge on any atom is -0.456 e. The Labute approximate surface area is 492 Å². The molecule has 79 heavy (non-hydrogen) atoms. The molecule has 0 fully saturated rings. The average molecular weight is 1140 g/mol. The molecule has 9 nitrogen and oxygen atoms in total. The number of esters is 1. The van der Waals surface area contributed by atoms with Gasteiger partial charge < -0.3 is 19.4 Å². The molecule has 0 saturated heterocycles. The molecule has 0 saturated carbocycles. The van der Waals surface area contributed by atoms with E-state index in [9.17, 15) is 19.0 Å². The van der Waals surface area contributed by atoms with Gasteiger partial charge in [-0.1, -0.05) is 309 Å². The zero-order valence-corrected chi connectivity index (χ0v) is 54.5. The van der Waals surface area contributed by atoms with E-state index in [0.717, 1.165) is 57.8 Å². The van der Waals surface area contributed by atoms with Crippen LogP contribution in [0.5, 0.6) is 0 Å². The van der Waals surface area contributed by atoms with E-state index in [1.54, 1.807) is 0 Å². The minimum absolute atomic E-state index is 0.0447. The second-order valence-corrected chi connectivity index (χ2v) is 26.5. The molecule has 0 aliphatic rings. The number of phosphoric acid groups is 1. The second kappa shape index (κ2) is 59.6. The van der Waals surface area contributed by atoms with Crippen LogP contribution in [-0.2, 0) is 27.9 Å². The molecule has 1 amide bonds. The van der Waals surface area contributed by atoms with E-state index in [-0.39, 0.29) is 25.1 Å². The largest absolute Gasteiger partial charge is 0.472 e. The van der Waals surface area contributed by atoms with Crippen molar-refractivity contribution in [2.75, 3.05) is 40.9 Å². The third-order valence-electron chi connectivity index (χ3n) is 15.9. The maximum Gasteiger partial charge on any atom is 0.472 e. The molecule has 3 unspecified atom stereocenters. The number of rotatable bonds is 64. The third-order valence-corrected chi connectivity index (χ3v) is 16.9. The van der Waals surface area contributed by atoms with Crippen LogP contribution >= 0.6 is 7.82 Å². The Morgan fingerprint density at radius 1 is 0.430 bits per heavy atom. The van der Waals surface area contributed by atoms with Crippen LogP contribution in [0.1, 0.15) is 355 Å². The first-order valence-electron chi connectivity index (χ1n) is 34.7. The summed E-state index contributed by atoms with van der Waals surface area (Å²) in [6.07, 6.45) is 71.9. The number of allylic oxidation sites excluding steroid dienone is 3. The maximum atomic E-state index is 13.6. The summed E-state index contributed by atoms with van der Waals surface area (Å²) in [7, 11) is 1.52. The Morgan fingerprint density at radius 3 is 1.08 bits per heavy atom. The first-order valence-corrected chi connectivity index (χ1v) is 36.2. The van der Waals surface area contributed by atoms with Crippen molar-refractivity contribution in [3.05, 3.63) is 24.3 Å². The van der Waals surface area contributed by atoms with Gasteiger partial charge in [0.2, 0.25) is 5.91 Å². The predicted octanol–water partition coefficient (Wildman–Crippen LogP) is 21.7. The van der Waals surface area contributed by atoms with Gasteiger partial charge in [-0.05, 0) is 57.4 Å². The van der Waals surface area contributed by atoms with Crippen molar-refractivity contribution in [1.82, 2.24) is 5.32 Å². The lowest BCUT2D eigenvalue weighted by molar-refractivity contribution is -0.870. The predicted molar refractivity (Wildman–Crippen MR) is 342 cm³/mol. The highest BCUT2D eigenvalue weighted by Gasteiger charge is 2.30. The number of carbonyl (C=O) groups is 2. The number of nitrogens with one attached hydrogen (secondary N) is 1. The topological polar surface area (TPSA) is 111 Å². The van der Waals surface area contributed by atoms with Crippen LogP contribution in [0.15, 0.2) is 24.3 Å². The van der Waals surface area contributed by atoms with Crippen LogP contribution < -0.4 is 5.32 Å². The Hall–Kier alpha value is -1.51. The zero-order valence-electron chi connectivity index (χ0n) is 53.6. The highest BCUT2D eigenvalue weighted by molar-refractivity contribution is 7.47. The normalized spacial score (nSPS) is 13.7. The summed E-state index contributed by atoms with van der Waals surface area (Å²) in [4.78, 5) is 37.8. The molecular formula is C69H136N2O7P+. The summed E-state index contributed by atoms with van der Waals surface area (Å²) in [6, 6.07) is -0.842. The van der Waals surface area contributed by atoms with Crippen LogP contribution in [0.4, 0.5) is 0 Å². The van der Waals surface area contributed by atoms with E-state index in [1.165, 1.54) is 263 Å². The van der Waals surface area contributed by atoms with Crippen LogP contribution in [0.3, 0.4) is 0 Å². The summed E-state index contributed by atoms with van der Waals surface area (Å²) in [5, 5.41) is 3.07. The summed E-state index contributed by atoms with van der Waals surface area (Å²) < 4.78 is 30.8. The van der Waals surface area contributed by atoms with Gasteiger partial charge in [-0.25, -0.2) is 4.57 Å². The molecule has 0 heterocycles. The van der Waals surface area contributed by atoms with Crippen molar-refractivity contribution >= 4 is 19.7 Å². The number of phosphoric ester groups is 1. The Morgan fingerprint density at radius 2 is 0.734 bits per heavy atom. The van der Waals surface area contributed by atoms with Crippen LogP contribution in [0, 0.1) is 0 Å². The lowest BCUT2D eigenvalue weighted by atomic mass is 10.0. The first-order chi connectivity index (χ1) is 38.4. The van der Waals surface area contributed by atoms with Gasteiger partial charge in [-0.15, -0.1) is 0 Å². The molecule has 0 spiro atoms. The van der Waals surface area contributed by atoms with Crippen LogP contribution in [0.2, 0.25) is 0 Å². The molecule has 0 rings (SSSR count). The fraction of sp³-hybridized carbons (Fsp3) is 0.913. The standard InChI is InChI=1S/C69H135N2O7P/c1-7-10-13-16-19-22-25-28-29-30-31-32-33-34-35-36-37-38-39-40-41-44-46-49-52-55-58-61-68(72)70-66(65-77-79(74,75)76-64-63-71(4,5)6)67(60-57-54-51-48-45-42-26-23-20-17-14-11-8-2)78-69(73)62-59-56-53-50-47-43-27-24-21-18-15-12-9-3/h28-29,57,60,66-67H,7-27,30-56,58-59,61-65H2,1-6H3,(H-,70,72,74,75)/p+1/b29-28+,60-57-. The molecule has 2 N–H and O–H groups in total. The monoisotopic (exact) mass is 1140 g/mol. The molecule has 3 atom stereocenters. The summed E-state index contributed by atoms with van der Waals surface area (Å²) in [5.74, 6) is -0.483. The summed E-state index contributed by atoms with van der Waals surface area (Å²) in [5.41, 5.74) is 0. The van der Waals surface area contributed by atoms with Gasteiger partial charge in [-0.2, -0.15) is 0 Å². The van der Waals surface area contributed by atoms with Gasteiger partial charge in [-0.3, -0.25) is 18.6 Å². The average Bonchev–Trinajstić information content (AvgIpc) is 3.41. The molecule has 468 valence electrons. The van der Waals surface area contributed by atoms with Crippen LogP contribution in [0.25, 0.3) is 0 Å².